The van der Waals surface area contributed by atoms with Gasteiger partial charge in [0, 0.05) is 5.57 Å². The van der Waals surface area contributed by atoms with Crippen LogP contribution in [-0.2, 0) is 4.79 Å². The number of hydrogen-bond acceptors (Lipinski definition) is 1. The summed E-state index contributed by atoms with van der Waals surface area (Å²) in [4.78, 5) is 13.6. The molecule has 0 N–H and O–H groups in total. The van der Waals surface area contributed by atoms with Crippen LogP contribution in [0.1, 0.15) is 0 Å². The van der Waals surface area contributed by atoms with Crippen LogP contribution in [0.3, 0.4) is 0 Å². The molecule has 0 heterocycles. The van der Waals surface area contributed by atoms with E-state index in [1.807, 2.05) is 66.5 Å². The van der Waals surface area contributed by atoms with E-state index in [1.165, 1.54) is 15.9 Å². The summed E-state index contributed by atoms with van der Waals surface area (Å²) in [7, 11) is 0. The van der Waals surface area contributed by atoms with Gasteiger partial charge in [-0.3, -0.25) is 4.79 Å². The van der Waals surface area contributed by atoms with Crippen LogP contribution in [0, 0.1) is 0 Å². The third-order valence-corrected chi connectivity index (χ3v) is 9.04. The van der Waals surface area contributed by atoms with E-state index in [4.69, 9.17) is 0 Å². The summed E-state index contributed by atoms with van der Waals surface area (Å²) in [5, 5.41) is 3.50. The average molecular weight is 406 g/mol. The van der Waals surface area contributed by atoms with Gasteiger partial charge in [-0.15, -0.1) is 0 Å². The van der Waals surface area contributed by atoms with Gasteiger partial charge in [0.1, 0.15) is 0 Å². The van der Waals surface area contributed by atoms with E-state index in [1.54, 1.807) is 0 Å². The Labute approximate surface area is 178 Å². The second-order valence-electron chi connectivity index (χ2n) is 6.97. The van der Waals surface area contributed by atoms with Crippen LogP contribution in [0.5, 0.6) is 0 Å². The molecule has 0 unspecified atom stereocenters. The Morgan fingerprint density at radius 1 is 0.567 bits per heavy atom. The minimum atomic E-state index is -2.29. The standard InChI is InChI=1S/C28H23OP/c29-28(24-15-7-2-1-3-8-16-24)23-30(25-17-9-4-10-18-25,26-19-11-5-12-20-26)27-21-13-6-14-22-27/h1-23H/b2-1-,3-1?,7-2?,8-3-,15-7-,16-8?,24-15?,24-16+. The van der Waals surface area contributed by atoms with Gasteiger partial charge in [-0.05, 0) is 28.6 Å². The van der Waals surface area contributed by atoms with E-state index in [-0.39, 0.29) is 5.78 Å². The Bertz CT molecular complexity index is 1080. The molecular formula is C28H23OP. The zero-order valence-electron chi connectivity index (χ0n) is 16.6. The monoisotopic (exact) mass is 406 g/mol. The van der Waals surface area contributed by atoms with Gasteiger partial charge >= 0.3 is 0 Å². The van der Waals surface area contributed by atoms with Gasteiger partial charge in [-0.2, -0.15) is 0 Å². The zero-order chi connectivity index (χ0) is 20.7. The van der Waals surface area contributed by atoms with Gasteiger partial charge in [-0.1, -0.05) is 134 Å². The van der Waals surface area contributed by atoms with Crippen molar-refractivity contribution in [2.75, 3.05) is 0 Å². The summed E-state index contributed by atoms with van der Waals surface area (Å²) in [5.41, 5.74) is 0.683. The average Bonchev–Trinajstić information content (AvgIpc) is 2.79. The first-order valence-corrected chi connectivity index (χ1v) is 11.8. The van der Waals surface area contributed by atoms with Gasteiger partial charge in [0.2, 0.25) is 0 Å². The van der Waals surface area contributed by atoms with Crippen molar-refractivity contribution in [1.82, 2.24) is 0 Å². The van der Waals surface area contributed by atoms with Crippen molar-refractivity contribution in [3.05, 3.63) is 139 Å². The van der Waals surface area contributed by atoms with Crippen molar-refractivity contribution >= 4 is 34.4 Å². The largest absolute Gasteiger partial charge is 0.289 e. The number of Topliss-reactive ketones (excluding diaryl/α,β-unsaturated/α-hetero) is 1. The van der Waals surface area contributed by atoms with Gasteiger partial charge < -0.3 is 0 Å². The fraction of sp³-hybridized carbons (Fsp3) is 0. The maximum Gasteiger partial charge on any atom is 0.186 e. The number of rotatable bonds is 5. The molecule has 0 aliphatic heterocycles. The second-order valence-corrected chi connectivity index (χ2v) is 10.2. The Morgan fingerprint density at radius 3 is 1.50 bits per heavy atom. The number of benzene rings is 3. The molecule has 1 aliphatic rings. The van der Waals surface area contributed by atoms with Crippen molar-refractivity contribution < 1.29 is 4.79 Å². The number of allylic oxidation sites excluding steroid dienone is 8. The number of carbonyl (C=O) groups excluding carboxylic acids is 1. The molecule has 0 radical (unpaired) electrons. The van der Waals surface area contributed by atoms with Gasteiger partial charge in [0.15, 0.2) is 5.78 Å². The number of carbonyl (C=O) groups is 1. The number of hydrogen-bond donors (Lipinski definition) is 0. The molecule has 146 valence electrons. The second kappa shape index (κ2) is 9.39. The molecule has 4 rings (SSSR count). The normalized spacial score (nSPS) is 18.2. The predicted octanol–water partition coefficient (Wildman–Crippen LogP) is 4.96. The highest BCUT2D eigenvalue weighted by Crippen LogP contribution is 2.43. The van der Waals surface area contributed by atoms with Crippen molar-refractivity contribution in [2.24, 2.45) is 0 Å². The summed E-state index contributed by atoms with van der Waals surface area (Å²) in [6.07, 6.45) is 13.4. The van der Waals surface area contributed by atoms with Gasteiger partial charge in [-0.25, -0.2) is 0 Å². The van der Waals surface area contributed by atoms with Crippen LogP contribution in [0.25, 0.3) is 0 Å². The van der Waals surface area contributed by atoms with E-state index in [9.17, 15) is 4.79 Å². The molecule has 0 fully saturated rings. The van der Waals surface area contributed by atoms with Crippen LogP contribution in [-0.4, -0.2) is 11.6 Å². The quantitative estimate of drug-likeness (QED) is 0.548. The fourth-order valence-electron chi connectivity index (χ4n) is 3.64. The Morgan fingerprint density at radius 2 is 1.00 bits per heavy atom. The van der Waals surface area contributed by atoms with Crippen LogP contribution in [0.2, 0.25) is 0 Å². The lowest BCUT2D eigenvalue weighted by atomic mass is 10.1. The highest BCUT2D eigenvalue weighted by atomic mass is 31.2. The van der Waals surface area contributed by atoms with Crippen LogP contribution < -0.4 is 15.9 Å². The van der Waals surface area contributed by atoms with Crippen LogP contribution in [0.4, 0.5) is 0 Å². The first-order valence-electron chi connectivity index (χ1n) is 9.98. The van der Waals surface area contributed by atoms with Gasteiger partial charge in [0.25, 0.3) is 0 Å². The third kappa shape index (κ3) is 4.13. The minimum absolute atomic E-state index is 0.0380. The van der Waals surface area contributed by atoms with Crippen molar-refractivity contribution in [3.8, 4) is 0 Å². The van der Waals surface area contributed by atoms with E-state index < -0.39 is 6.89 Å². The van der Waals surface area contributed by atoms with Crippen molar-refractivity contribution in [2.45, 2.75) is 0 Å². The molecule has 3 aromatic rings. The Hall–Kier alpha value is -3.41. The molecule has 2 heteroatoms. The molecule has 0 saturated carbocycles. The SMILES string of the molecule is O=C(C=P(c1ccccc1)(c1ccccc1)c1ccccc1)C1=C/C=C\C=C/C=C\1. The number of ketones is 1. The molecule has 0 spiro atoms. The van der Waals surface area contributed by atoms with E-state index in [0.29, 0.717) is 5.57 Å². The molecule has 0 saturated heterocycles. The summed E-state index contributed by atoms with van der Waals surface area (Å²) in [6.45, 7) is -2.29. The van der Waals surface area contributed by atoms with Crippen molar-refractivity contribution in [1.29, 1.82) is 0 Å². The molecule has 0 amide bonds. The molecular weight excluding hydrogens is 383 g/mol. The summed E-state index contributed by atoms with van der Waals surface area (Å²) in [6, 6.07) is 31.2. The van der Waals surface area contributed by atoms with Crippen LogP contribution >= 0.6 is 6.89 Å². The zero-order valence-corrected chi connectivity index (χ0v) is 17.5. The van der Waals surface area contributed by atoms with E-state index in [0.717, 1.165) is 0 Å². The first-order chi connectivity index (χ1) is 14.8. The highest BCUT2D eigenvalue weighted by molar-refractivity contribution is 7.95. The smallest absolute Gasteiger partial charge is 0.186 e. The molecule has 30 heavy (non-hydrogen) atoms. The topological polar surface area (TPSA) is 17.1 Å². The lowest BCUT2D eigenvalue weighted by Gasteiger charge is -2.28. The van der Waals surface area contributed by atoms with Crippen molar-refractivity contribution in [3.63, 3.8) is 0 Å². The Balaban J connectivity index is 2.02. The van der Waals surface area contributed by atoms with E-state index >= 15 is 0 Å². The third-order valence-electron chi connectivity index (χ3n) is 5.08. The predicted molar refractivity (Wildman–Crippen MR) is 132 cm³/mol. The maximum absolute atomic E-state index is 13.6. The van der Waals surface area contributed by atoms with Crippen LogP contribution in [0.15, 0.2) is 139 Å². The van der Waals surface area contributed by atoms with Gasteiger partial charge in [0.05, 0.1) is 0 Å². The lowest BCUT2D eigenvalue weighted by Crippen LogP contribution is -2.28. The molecule has 0 aromatic heterocycles. The first kappa shape index (κ1) is 19.9. The lowest BCUT2D eigenvalue weighted by molar-refractivity contribution is -0.109. The summed E-state index contributed by atoms with van der Waals surface area (Å²) in [5.74, 6) is 2.01. The van der Waals surface area contributed by atoms with E-state index in [2.05, 4.69) is 72.8 Å². The molecule has 1 nitrogen and oxygen atoms in total. The molecule has 3 aromatic carbocycles. The molecule has 1 aliphatic carbocycles. The highest BCUT2D eigenvalue weighted by Gasteiger charge is 2.26. The molecule has 0 atom stereocenters. The molecule has 0 bridgehead atoms. The fourth-order valence-corrected chi connectivity index (χ4v) is 7.41. The minimum Gasteiger partial charge on any atom is -0.289 e. The Kier molecular flexibility index (Phi) is 6.23. The summed E-state index contributed by atoms with van der Waals surface area (Å²) < 4.78 is 0. The maximum atomic E-state index is 13.6. The summed E-state index contributed by atoms with van der Waals surface area (Å²) >= 11 is 0.